The number of carbonyl (C=O) groups is 1. The number of likely N-dealkylation sites (tertiary alicyclic amines) is 1. The molecule has 2 atom stereocenters. The zero-order chi connectivity index (χ0) is 12.4. The van der Waals surface area contributed by atoms with E-state index >= 15 is 0 Å². The second-order valence-electron chi connectivity index (χ2n) is 4.53. The average molecular weight is 235 g/mol. The van der Waals surface area contributed by atoms with E-state index in [0.29, 0.717) is 19.0 Å². The van der Waals surface area contributed by atoms with Gasteiger partial charge in [-0.15, -0.1) is 0 Å². The molecule has 2 rings (SSSR count). The van der Waals surface area contributed by atoms with Crippen LogP contribution in [0.4, 0.5) is 0 Å². The lowest BCUT2D eigenvalue weighted by molar-refractivity contribution is 0.0777. The lowest BCUT2D eigenvalue weighted by Gasteiger charge is -2.18. The second-order valence-corrected chi connectivity index (χ2v) is 4.53. The summed E-state index contributed by atoms with van der Waals surface area (Å²) in [5.74, 6) is 0.0535. The van der Waals surface area contributed by atoms with E-state index in [9.17, 15) is 9.90 Å². The molecule has 1 amide bonds. The molecule has 1 saturated heterocycles. The molecule has 0 bridgehead atoms. The Balaban J connectivity index is 2.10. The molecule has 17 heavy (non-hydrogen) atoms. The van der Waals surface area contributed by atoms with Gasteiger partial charge in [-0.2, -0.15) is 0 Å². The topological polar surface area (TPSA) is 79.5 Å². The third-order valence-corrected chi connectivity index (χ3v) is 3.24. The van der Waals surface area contributed by atoms with Crippen LogP contribution in [0.25, 0.3) is 0 Å². The Morgan fingerprint density at radius 2 is 2.47 bits per heavy atom. The van der Waals surface area contributed by atoms with Gasteiger partial charge in [-0.05, 0) is 31.4 Å². The predicted octanol–water partition coefficient (Wildman–Crippen LogP) is 0.596. The molecular formula is C12H17N3O2. The van der Waals surface area contributed by atoms with E-state index in [1.807, 2.05) is 6.92 Å². The van der Waals surface area contributed by atoms with Crippen molar-refractivity contribution in [2.24, 2.45) is 11.7 Å². The number of amides is 1. The number of nitrogens with zero attached hydrogens (tertiary/aromatic N) is 2. The number of hydrogen-bond acceptors (Lipinski definition) is 4. The average Bonchev–Trinajstić information content (AvgIpc) is 2.78. The summed E-state index contributed by atoms with van der Waals surface area (Å²) in [6.07, 6.45) is 2.42. The van der Waals surface area contributed by atoms with E-state index in [1.54, 1.807) is 11.0 Å². The molecule has 0 radical (unpaired) electrons. The Labute approximate surface area is 100 Å². The van der Waals surface area contributed by atoms with Crippen LogP contribution in [0.3, 0.4) is 0 Å². The van der Waals surface area contributed by atoms with Crippen LogP contribution in [0, 0.1) is 5.92 Å². The summed E-state index contributed by atoms with van der Waals surface area (Å²) in [5.41, 5.74) is 5.95. The summed E-state index contributed by atoms with van der Waals surface area (Å²) in [4.78, 5) is 17.7. The third-order valence-electron chi connectivity index (χ3n) is 3.24. The molecule has 0 saturated carbocycles. The molecule has 5 nitrogen and oxygen atoms in total. The minimum atomic E-state index is -0.216. The first-order valence-corrected chi connectivity index (χ1v) is 5.78. The molecule has 92 valence electrons. The quantitative estimate of drug-likeness (QED) is 0.786. The molecule has 3 N–H and O–H groups in total. The van der Waals surface area contributed by atoms with Crippen molar-refractivity contribution < 1.29 is 9.90 Å². The largest absolute Gasteiger partial charge is 0.505 e. The van der Waals surface area contributed by atoms with Crippen LogP contribution in [-0.2, 0) is 0 Å². The lowest BCUT2D eigenvalue weighted by Crippen LogP contribution is -2.33. The molecule has 1 aromatic rings. The van der Waals surface area contributed by atoms with Gasteiger partial charge < -0.3 is 15.7 Å². The van der Waals surface area contributed by atoms with Crippen molar-refractivity contribution in [3.05, 3.63) is 24.0 Å². The number of pyridine rings is 1. The molecule has 1 fully saturated rings. The SMILES string of the molecule is CC(N)C1CCN(C(=O)c2ncccc2O)C1. The first kappa shape index (κ1) is 11.9. The van der Waals surface area contributed by atoms with Gasteiger partial charge >= 0.3 is 0 Å². The van der Waals surface area contributed by atoms with Gasteiger partial charge in [0, 0.05) is 25.3 Å². The molecule has 0 aromatic carbocycles. The van der Waals surface area contributed by atoms with Gasteiger partial charge in [-0.25, -0.2) is 4.98 Å². The highest BCUT2D eigenvalue weighted by molar-refractivity contribution is 5.94. The van der Waals surface area contributed by atoms with Crippen molar-refractivity contribution in [2.45, 2.75) is 19.4 Å². The normalized spacial score (nSPS) is 21.5. The van der Waals surface area contributed by atoms with Crippen molar-refractivity contribution in [3.63, 3.8) is 0 Å². The van der Waals surface area contributed by atoms with Crippen LogP contribution in [0.15, 0.2) is 18.3 Å². The van der Waals surface area contributed by atoms with E-state index in [0.717, 1.165) is 6.42 Å². The van der Waals surface area contributed by atoms with Crippen molar-refractivity contribution in [2.75, 3.05) is 13.1 Å². The number of nitrogens with two attached hydrogens (primary N) is 1. The zero-order valence-electron chi connectivity index (χ0n) is 9.84. The Kier molecular flexibility index (Phi) is 3.28. The van der Waals surface area contributed by atoms with Crippen molar-refractivity contribution in [3.8, 4) is 5.75 Å². The highest BCUT2D eigenvalue weighted by Crippen LogP contribution is 2.22. The fraction of sp³-hybridized carbons (Fsp3) is 0.500. The van der Waals surface area contributed by atoms with Gasteiger partial charge in [0.05, 0.1) is 0 Å². The number of rotatable bonds is 2. The van der Waals surface area contributed by atoms with Gasteiger partial charge in [0.25, 0.3) is 5.91 Å². The van der Waals surface area contributed by atoms with Crippen LogP contribution in [-0.4, -0.2) is 40.0 Å². The van der Waals surface area contributed by atoms with Crippen molar-refractivity contribution in [1.82, 2.24) is 9.88 Å². The van der Waals surface area contributed by atoms with E-state index in [1.165, 1.54) is 12.3 Å². The first-order valence-electron chi connectivity index (χ1n) is 5.78. The van der Waals surface area contributed by atoms with Crippen LogP contribution in [0.5, 0.6) is 5.75 Å². The Hall–Kier alpha value is -1.62. The summed E-state index contributed by atoms with van der Waals surface area (Å²) in [6, 6.07) is 3.16. The van der Waals surface area contributed by atoms with Crippen LogP contribution in [0.1, 0.15) is 23.8 Å². The van der Waals surface area contributed by atoms with Crippen molar-refractivity contribution in [1.29, 1.82) is 0 Å². The van der Waals surface area contributed by atoms with Crippen LogP contribution in [0.2, 0.25) is 0 Å². The minimum absolute atomic E-state index is 0.0678. The minimum Gasteiger partial charge on any atom is -0.505 e. The highest BCUT2D eigenvalue weighted by Gasteiger charge is 2.30. The molecule has 1 aromatic heterocycles. The van der Waals surface area contributed by atoms with Crippen LogP contribution < -0.4 is 5.73 Å². The molecule has 0 aliphatic carbocycles. The predicted molar refractivity (Wildman–Crippen MR) is 63.6 cm³/mol. The lowest BCUT2D eigenvalue weighted by atomic mass is 10.0. The second kappa shape index (κ2) is 4.71. The smallest absolute Gasteiger partial charge is 0.276 e. The third kappa shape index (κ3) is 2.39. The first-order chi connectivity index (χ1) is 8.09. The summed E-state index contributed by atoms with van der Waals surface area (Å²) >= 11 is 0. The zero-order valence-corrected chi connectivity index (χ0v) is 9.84. The van der Waals surface area contributed by atoms with Gasteiger partial charge in [0.2, 0.25) is 0 Å². The molecule has 5 heteroatoms. The highest BCUT2D eigenvalue weighted by atomic mass is 16.3. The molecule has 2 unspecified atom stereocenters. The molecule has 1 aliphatic heterocycles. The molecule has 1 aliphatic rings. The van der Waals surface area contributed by atoms with E-state index < -0.39 is 0 Å². The Morgan fingerprint density at radius 1 is 1.71 bits per heavy atom. The molecular weight excluding hydrogens is 218 g/mol. The number of hydrogen-bond donors (Lipinski definition) is 2. The summed E-state index contributed by atoms with van der Waals surface area (Å²) in [5, 5.41) is 9.58. The summed E-state index contributed by atoms with van der Waals surface area (Å²) < 4.78 is 0. The van der Waals surface area contributed by atoms with Gasteiger partial charge in [0.1, 0.15) is 5.75 Å². The molecule has 0 spiro atoms. The van der Waals surface area contributed by atoms with Crippen LogP contribution >= 0.6 is 0 Å². The number of carbonyl (C=O) groups excluding carboxylic acids is 1. The van der Waals surface area contributed by atoms with E-state index in [-0.39, 0.29) is 23.4 Å². The van der Waals surface area contributed by atoms with Gasteiger partial charge in [0.15, 0.2) is 5.69 Å². The number of aromatic nitrogens is 1. The summed E-state index contributed by atoms with van der Waals surface area (Å²) in [6.45, 7) is 3.28. The fourth-order valence-electron chi connectivity index (χ4n) is 2.11. The summed E-state index contributed by atoms with van der Waals surface area (Å²) in [7, 11) is 0. The maximum atomic E-state index is 12.1. The molecule has 2 heterocycles. The monoisotopic (exact) mass is 235 g/mol. The van der Waals surface area contributed by atoms with Gasteiger partial charge in [-0.1, -0.05) is 0 Å². The van der Waals surface area contributed by atoms with Gasteiger partial charge in [-0.3, -0.25) is 4.79 Å². The van der Waals surface area contributed by atoms with Crippen molar-refractivity contribution >= 4 is 5.91 Å². The Morgan fingerprint density at radius 3 is 3.06 bits per heavy atom. The standard InChI is InChI=1S/C12H17N3O2/c1-8(13)9-4-6-15(7-9)12(17)11-10(16)3-2-5-14-11/h2-3,5,8-9,16H,4,6-7,13H2,1H3. The van der Waals surface area contributed by atoms with E-state index in [4.69, 9.17) is 5.73 Å². The number of aromatic hydroxyl groups is 1. The van der Waals surface area contributed by atoms with E-state index in [2.05, 4.69) is 4.98 Å². The fourth-order valence-corrected chi connectivity index (χ4v) is 2.11. The Bertz CT molecular complexity index is 420. The maximum absolute atomic E-state index is 12.1. The maximum Gasteiger partial charge on any atom is 0.276 e.